The number of aromatic nitrogens is 1. The van der Waals surface area contributed by atoms with Gasteiger partial charge >= 0.3 is 0 Å². The van der Waals surface area contributed by atoms with Crippen LogP contribution in [0.15, 0.2) is 41.0 Å². The molecule has 3 rings (SSSR count). The van der Waals surface area contributed by atoms with Gasteiger partial charge in [0.05, 0.1) is 5.69 Å². The van der Waals surface area contributed by atoms with E-state index in [0.717, 1.165) is 15.7 Å². The molecule has 1 aliphatic carbocycles. The largest absolute Gasteiger partial charge is 0.487 e. The second kappa shape index (κ2) is 6.54. The Balaban J connectivity index is 1.62. The first-order valence-electron chi connectivity index (χ1n) is 6.95. The fourth-order valence-electron chi connectivity index (χ4n) is 2.00. The monoisotopic (exact) mass is 350 g/mol. The van der Waals surface area contributed by atoms with Crippen molar-refractivity contribution >= 4 is 15.9 Å². The van der Waals surface area contributed by atoms with Crippen molar-refractivity contribution in [3.05, 3.63) is 58.1 Å². The predicted molar refractivity (Wildman–Crippen MR) is 82.5 cm³/mol. The molecule has 0 unspecified atom stereocenters. The number of hydrogen-bond acceptors (Lipinski definition) is 3. The summed E-state index contributed by atoms with van der Waals surface area (Å²) in [7, 11) is 0. The molecule has 1 aliphatic rings. The van der Waals surface area contributed by atoms with Crippen LogP contribution in [0.2, 0.25) is 0 Å². The van der Waals surface area contributed by atoms with Gasteiger partial charge in [-0.05, 0) is 58.6 Å². The van der Waals surface area contributed by atoms with Crippen LogP contribution in [0.5, 0.6) is 5.75 Å². The summed E-state index contributed by atoms with van der Waals surface area (Å²) in [6.45, 7) is 1.00. The highest BCUT2D eigenvalue weighted by Gasteiger charge is 2.20. The zero-order valence-corrected chi connectivity index (χ0v) is 13.1. The zero-order chi connectivity index (χ0) is 14.7. The van der Waals surface area contributed by atoms with E-state index in [0.29, 0.717) is 24.9 Å². The predicted octanol–water partition coefficient (Wildman–Crippen LogP) is 3.81. The van der Waals surface area contributed by atoms with Crippen LogP contribution in [-0.2, 0) is 13.2 Å². The Morgan fingerprint density at radius 3 is 2.86 bits per heavy atom. The van der Waals surface area contributed by atoms with E-state index in [9.17, 15) is 4.39 Å². The lowest BCUT2D eigenvalue weighted by molar-refractivity contribution is 0.299. The summed E-state index contributed by atoms with van der Waals surface area (Å²) in [6, 6.07) is 9.20. The number of benzene rings is 1. The average Bonchev–Trinajstić information content (AvgIpc) is 3.28. The fraction of sp³-hybridized carbons (Fsp3) is 0.312. The topological polar surface area (TPSA) is 34.1 Å². The van der Waals surface area contributed by atoms with Crippen molar-refractivity contribution in [2.24, 2.45) is 0 Å². The zero-order valence-electron chi connectivity index (χ0n) is 11.5. The van der Waals surface area contributed by atoms with Crippen molar-refractivity contribution < 1.29 is 9.13 Å². The number of hydrogen-bond donors (Lipinski definition) is 1. The van der Waals surface area contributed by atoms with Crippen LogP contribution in [0.1, 0.15) is 24.1 Å². The van der Waals surface area contributed by atoms with E-state index >= 15 is 0 Å². The maximum absolute atomic E-state index is 13.6. The van der Waals surface area contributed by atoms with E-state index < -0.39 is 0 Å². The van der Waals surface area contributed by atoms with Crippen molar-refractivity contribution in [2.45, 2.75) is 32.0 Å². The molecule has 5 heteroatoms. The molecule has 0 amide bonds. The highest BCUT2D eigenvalue weighted by molar-refractivity contribution is 9.10. The molecule has 0 atom stereocenters. The summed E-state index contributed by atoms with van der Waals surface area (Å²) < 4.78 is 20.2. The van der Waals surface area contributed by atoms with Crippen LogP contribution in [0.25, 0.3) is 0 Å². The standard InChI is InChI=1S/C16H16BrFN2O/c17-12-1-2-15(20-9-12)10-21-16-6-11(5-13(18)7-16)8-19-14-3-4-14/h1-2,5-7,9,14,19H,3-4,8,10H2. The summed E-state index contributed by atoms with van der Waals surface area (Å²) in [5, 5.41) is 3.37. The number of nitrogens with one attached hydrogen (secondary N) is 1. The highest BCUT2D eigenvalue weighted by Crippen LogP contribution is 2.21. The van der Waals surface area contributed by atoms with Crippen LogP contribution in [-0.4, -0.2) is 11.0 Å². The van der Waals surface area contributed by atoms with Gasteiger partial charge in [0.1, 0.15) is 18.2 Å². The lowest BCUT2D eigenvalue weighted by Gasteiger charge is -2.09. The van der Waals surface area contributed by atoms with Crippen molar-refractivity contribution in [3.8, 4) is 5.75 Å². The smallest absolute Gasteiger partial charge is 0.130 e. The first-order valence-corrected chi connectivity index (χ1v) is 7.74. The number of halogens is 2. The molecule has 1 fully saturated rings. The maximum atomic E-state index is 13.6. The van der Waals surface area contributed by atoms with Crippen molar-refractivity contribution in [1.82, 2.24) is 10.3 Å². The number of rotatable bonds is 6. The molecular weight excluding hydrogens is 335 g/mol. The first kappa shape index (κ1) is 14.5. The van der Waals surface area contributed by atoms with Gasteiger partial charge in [-0.25, -0.2) is 4.39 Å². The van der Waals surface area contributed by atoms with Crippen molar-refractivity contribution in [1.29, 1.82) is 0 Å². The summed E-state index contributed by atoms with van der Waals surface area (Å²) >= 11 is 3.33. The first-order chi connectivity index (χ1) is 10.2. The minimum Gasteiger partial charge on any atom is -0.487 e. The molecule has 0 bridgehead atoms. The van der Waals surface area contributed by atoms with Gasteiger partial charge < -0.3 is 10.1 Å². The summed E-state index contributed by atoms with van der Waals surface area (Å²) in [5.74, 6) is 0.260. The molecule has 1 aromatic carbocycles. The number of nitrogens with zero attached hydrogens (tertiary/aromatic N) is 1. The number of pyridine rings is 1. The van der Waals surface area contributed by atoms with Gasteiger partial charge in [0.25, 0.3) is 0 Å². The quantitative estimate of drug-likeness (QED) is 0.859. The van der Waals surface area contributed by atoms with E-state index in [2.05, 4.69) is 26.2 Å². The van der Waals surface area contributed by atoms with E-state index in [1.165, 1.54) is 18.9 Å². The van der Waals surface area contributed by atoms with Crippen LogP contribution >= 0.6 is 15.9 Å². The summed E-state index contributed by atoms with van der Waals surface area (Å²) in [5.41, 5.74) is 1.71. The molecular formula is C16H16BrFN2O. The van der Waals surface area contributed by atoms with E-state index in [4.69, 9.17) is 4.74 Å². The van der Waals surface area contributed by atoms with Gasteiger partial charge in [0.15, 0.2) is 0 Å². The molecule has 1 heterocycles. The third-order valence-electron chi connectivity index (χ3n) is 3.28. The Kier molecular flexibility index (Phi) is 4.51. The van der Waals surface area contributed by atoms with Crippen LogP contribution in [0.4, 0.5) is 4.39 Å². The van der Waals surface area contributed by atoms with Crippen LogP contribution in [0, 0.1) is 5.82 Å². The minimum absolute atomic E-state index is 0.274. The SMILES string of the molecule is Fc1cc(CNC2CC2)cc(OCc2ccc(Br)cn2)c1. The van der Waals surface area contributed by atoms with Gasteiger partial charge in [-0.3, -0.25) is 4.98 Å². The van der Waals surface area contributed by atoms with Gasteiger partial charge in [-0.15, -0.1) is 0 Å². The fourth-order valence-corrected chi connectivity index (χ4v) is 2.24. The van der Waals surface area contributed by atoms with E-state index in [1.807, 2.05) is 18.2 Å². The molecule has 2 aromatic rings. The van der Waals surface area contributed by atoms with Crippen LogP contribution < -0.4 is 10.1 Å². The average molecular weight is 351 g/mol. The minimum atomic E-state index is -0.274. The summed E-state index contributed by atoms with van der Waals surface area (Å²) in [4.78, 5) is 4.23. The number of ether oxygens (including phenoxy) is 1. The van der Waals surface area contributed by atoms with Gasteiger partial charge in [0, 0.05) is 29.3 Å². The molecule has 21 heavy (non-hydrogen) atoms. The van der Waals surface area contributed by atoms with E-state index in [1.54, 1.807) is 12.3 Å². The van der Waals surface area contributed by atoms with Crippen molar-refractivity contribution in [2.75, 3.05) is 0 Å². The molecule has 1 N–H and O–H groups in total. The Labute approximate surface area is 131 Å². The Morgan fingerprint density at radius 2 is 2.14 bits per heavy atom. The Hall–Kier alpha value is -1.46. The molecule has 110 valence electrons. The molecule has 0 spiro atoms. The van der Waals surface area contributed by atoms with Gasteiger partial charge in [-0.2, -0.15) is 0 Å². The lowest BCUT2D eigenvalue weighted by Crippen LogP contribution is -2.15. The summed E-state index contributed by atoms with van der Waals surface area (Å²) in [6.07, 6.45) is 4.15. The third kappa shape index (κ3) is 4.51. The van der Waals surface area contributed by atoms with E-state index in [-0.39, 0.29) is 5.82 Å². The second-order valence-electron chi connectivity index (χ2n) is 5.21. The van der Waals surface area contributed by atoms with Gasteiger partial charge in [0.2, 0.25) is 0 Å². The van der Waals surface area contributed by atoms with Crippen LogP contribution in [0.3, 0.4) is 0 Å². The molecule has 1 saturated carbocycles. The molecule has 1 aromatic heterocycles. The molecule has 0 aliphatic heterocycles. The lowest BCUT2D eigenvalue weighted by atomic mass is 10.2. The third-order valence-corrected chi connectivity index (χ3v) is 3.75. The molecule has 3 nitrogen and oxygen atoms in total. The Morgan fingerprint density at radius 1 is 1.29 bits per heavy atom. The van der Waals surface area contributed by atoms with Gasteiger partial charge in [-0.1, -0.05) is 0 Å². The maximum Gasteiger partial charge on any atom is 0.130 e. The highest BCUT2D eigenvalue weighted by atomic mass is 79.9. The Bertz CT molecular complexity index is 614. The van der Waals surface area contributed by atoms with Crippen molar-refractivity contribution in [3.63, 3.8) is 0 Å². The second-order valence-corrected chi connectivity index (χ2v) is 6.12. The normalized spacial score (nSPS) is 14.2. The molecule has 0 saturated heterocycles. The molecule has 0 radical (unpaired) electrons.